The van der Waals surface area contributed by atoms with Crippen molar-refractivity contribution in [1.29, 1.82) is 0 Å². The Morgan fingerprint density at radius 2 is 1.57 bits per heavy atom. The number of carbonyl (C=O) groups excluding carboxylic acids is 1. The fourth-order valence-corrected chi connectivity index (χ4v) is 3.90. The largest absolute Gasteiger partial charge is 0.365 e. The molecule has 3 nitrogen and oxygen atoms in total. The second-order valence-electron chi connectivity index (χ2n) is 7.77. The van der Waals surface area contributed by atoms with Gasteiger partial charge in [0, 0.05) is 37.0 Å². The molecule has 4 heteroatoms. The van der Waals surface area contributed by atoms with Crippen molar-refractivity contribution in [2.24, 2.45) is 0 Å². The molecule has 1 atom stereocenters. The van der Waals surface area contributed by atoms with E-state index in [0.717, 1.165) is 5.69 Å². The molecule has 0 N–H and O–H groups in total. The molecule has 0 aliphatic carbocycles. The van der Waals surface area contributed by atoms with Gasteiger partial charge >= 0.3 is 0 Å². The number of fused-ring (bicyclic) bond motifs is 1. The SMILES string of the molecule is CC(=O)N(C=CC=CC1(C)N(C)c2ccccc2C1(C)C)c1ccccc1.I. The van der Waals surface area contributed by atoms with E-state index >= 15 is 0 Å². The highest BCUT2D eigenvalue weighted by atomic mass is 127. The van der Waals surface area contributed by atoms with Gasteiger partial charge in [-0.15, -0.1) is 24.0 Å². The maximum atomic E-state index is 12.0. The summed E-state index contributed by atoms with van der Waals surface area (Å²) in [6.07, 6.45) is 8.04. The second kappa shape index (κ2) is 8.52. The summed E-state index contributed by atoms with van der Waals surface area (Å²) in [5, 5.41) is 0. The quantitative estimate of drug-likeness (QED) is 0.395. The maximum absolute atomic E-state index is 12.0. The molecule has 0 aromatic heterocycles. The Morgan fingerprint density at radius 1 is 0.964 bits per heavy atom. The highest BCUT2D eigenvalue weighted by Gasteiger charge is 2.50. The third-order valence-electron chi connectivity index (χ3n) is 6.04. The number of hydrogen-bond donors (Lipinski definition) is 0. The summed E-state index contributed by atoms with van der Waals surface area (Å²) >= 11 is 0. The van der Waals surface area contributed by atoms with E-state index in [1.165, 1.54) is 11.3 Å². The van der Waals surface area contributed by atoms with Crippen molar-refractivity contribution < 1.29 is 4.79 Å². The van der Waals surface area contributed by atoms with Crippen molar-refractivity contribution in [2.45, 2.75) is 38.6 Å². The van der Waals surface area contributed by atoms with Crippen molar-refractivity contribution in [3.63, 3.8) is 0 Å². The first-order valence-corrected chi connectivity index (χ1v) is 9.33. The number of allylic oxidation sites excluding steroid dienone is 2. The van der Waals surface area contributed by atoms with Gasteiger partial charge in [-0.05, 0) is 36.8 Å². The van der Waals surface area contributed by atoms with Crippen molar-refractivity contribution in [2.75, 3.05) is 16.8 Å². The van der Waals surface area contributed by atoms with E-state index in [-0.39, 0.29) is 40.8 Å². The molecule has 2 aromatic carbocycles. The number of amides is 1. The lowest BCUT2D eigenvalue weighted by Crippen LogP contribution is -2.50. The number of hydrogen-bond acceptors (Lipinski definition) is 2. The predicted octanol–water partition coefficient (Wildman–Crippen LogP) is 5.91. The Hall–Kier alpha value is -2.08. The van der Waals surface area contributed by atoms with Gasteiger partial charge in [-0.1, -0.05) is 62.4 Å². The number of rotatable bonds is 4. The zero-order chi connectivity index (χ0) is 19.7. The van der Waals surface area contributed by atoms with E-state index in [9.17, 15) is 4.79 Å². The second-order valence-corrected chi connectivity index (χ2v) is 7.77. The highest BCUT2D eigenvalue weighted by Crippen LogP contribution is 2.51. The van der Waals surface area contributed by atoms with Crippen LogP contribution in [0.4, 0.5) is 11.4 Å². The number of benzene rings is 2. The molecule has 0 saturated carbocycles. The van der Waals surface area contributed by atoms with Gasteiger partial charge in [0.1, 0.15) is 0 Å². The van der Waals surface area contributed by atoms with E-state index in [1.54, 1.807) is 11.8 Å². The van der Waals surface area contributed by atoms with Crippen molar-refractivity contribution >= 4 is 41.3 Å². The van der Waals surface area contributed by atoms with Gasteiger partial charge < -0.3 is 4.90 Å². The molecule has 3 rings (SSSR count). The lowest BCUT2D eigenvalue weighted by atomic mass is 9.71. The molecule has 0 bridgehead atoms. The first kappa shape index (κ1) is 22.2. The van der Waals surface area contributed by atoms with Gasteiger partial charge in [0.05, 0.1) is 5.54 Å². The molecule has 1 aliphatic rings. The predicted molar refractivity (Wildman–Crippen MR) is 130 cm³/mol. The first-order valence-electron chi connectivity index (χ1n) is 9.33. The number of anilines is 2. The molecule has 2 aromatic rings. The standard InChI is InChI=1S/C24H28N2O.HI/c1-19(27)26(20-13-7-6-8-14-20)18-12-11-17-24(4)23(2,3)21-15-9-10-16-22(21)25(24)5;/h6-18H,1-5H3;1H. The molecule has 1 aliphatic heterocycles. The molecule has 1 unspecified atom stereocenters. The van der Waals surface area contributed by atoms with Gasteiger partial charge in [0.15, 0.2) is 0 Å². The Morgan fingerprint density at radius 3 is 2.18 bits per heavy atom. The highest BCUT2D eigenvalue weighted by molar-refractivity contribution is 14.0. The van der Waals surface area contributed by atoms with Gasteiger partial charge in [0.2, 0.25) is 5.91 Å². The fraction of sp³-hybridized carbons (Fsp3) is 0.292. The van der Waals surface area contributed by atoms with Crippen LogP contribution in [-0.4, -0.2) is 18.5 Å². The minimum absolute atomic E-state index is 0. The van der Waals surface area contributed by atoms with Crippen LogP contribution in [0.5, 0.6) is 0 Å². The minimum atomic E-state index is -0.158. The molecule has 0 saturated heterocycles. The van der Waals surface area contributed by atoms with E-state index in [1.807, 2.05) is 48.7 Å². The van der Waals surface area contributed by atoms with Crippen LogP contribution in [0, 0.1) is 0 Å². The summed E-state index contributed by atoms with van der Waals surface area (Å²) in [4.78, 5) is 16.0. The average Bonchev–Trinajstić information content (AvgIpc) is 2.81. The normalized spacial score (nSPS) is 20.2. The molecular weight excluding hydrogens is 459 g/mol. The van der Waals surface area contributed by atoms with Crippen LogP contribution in [0.2, 0.25) is 0 Å². The summed E-state index contributed by atoms with van der Waals surface area (Å²) in [5.41, 5.74) is 3.31. The molecule has 28 heavy (non-hydrogen) atoms. The number of halogens is 1. The van der Waals surface area contributed by atoms with Crippen LogP contribution in [0.25, 0.3) is 0 Å². The number of nitrogens with zero attached hydrogens (tertiary/aromatic N) is 2. The fourth-order valence-electron chi connectivity index (χ4n) is 3.90. The van der Waals surface area contributed by atoms with Crippen LogP contribution in [0.15, 0.2) is 79.0 Å². The van der Waals surface area contributed by atoms with E-state index in [4.69, 9.17) is 0 Å². The van der Waals surface area contributed by atoms with E-state index in [0.29, 0.717) is 0 Å². The Labute approximate surface area is 185 Å². The monoisotopic (exact) mass is 488 g/mol. The van der Waals surface area contributed by atoms with Crippen LogP contribution >= 0.6 is 24.0 Å². The third kappa shape index (κ3) is 3.75. The van der Waals surface area contributed by atoms with Crippen LogP contribution in [0.3, 0.4) is 0 Å². The number of para-hydroxylation sites is 2. The van der Waals surface area contributed by atoms with Crippen LogP contribution in [0.1, 0.15) is 33.3 Å². The van der Waals surface area contributed by atoms with Gasteiger partial charge in [-0.2, -0.15) is 0 Å². The zero-order valence-corrected chi connectivity index (χ0v) is 19.5. The van der Waals surface area contributed by atoms with Gasteiger partial charge in [-0.3, -0.25) is 9.69 Å². The van der Waals surface area contributed by atoms with Crippen molar-refractivity contribution in [3.05, 3.63) is 84.6 Å². The Kier molecular flexibility index (Phi) is 6.75. The summed E-state index contributed by atoms with van der Waals surface area (Å²) in [6.45, 7) is 8.41. The van der Waals surface area contributed by atoms with Crippen LogP contribution < -0.4 is 9.80 Å². The Balaban J connectivity index is 0.00000280. The summed E-state index contributed by atoms with van der Waals surface area (Å²) in [5.74, 6) is -0.0113. The van der Waals surface area contributed by atoms with Crippen molar-refractivity contribution in [3.8, 4) is 0 Å². The maximum Gasteiger partial charge on any atom is 0.227 e. The van der Waals surface area contributed by atoms with E-state index in [2.05, 4.69) is 63.1 Å². The van der Waals surface area contributed by atoms with Gasteiger partial charge in [0.25, 0.3) is 0 Å². The first-order chi connectivity index (χ1) is 12.8. The summed E-state index contributed by atoms with van der Waals surface area (Å²) < 4.78 is 0. The van der Waals surface area contributed by atoms with Gasteiger partial charge in [-0.25, -0.2) is 0 Å². The number of carbonyl (C=O) groups is 1. The molecule has 1 heterocycles. The Bertz CT molecular complexity index is 888. The molecule has 0 radical (unpaired) electrons. The summed E-state index contributed by atoms with van der Waals surface area (Å²) in [6, 6.07) is 18.3. The summed E-state index contributed by atoms with van der Waals surface area (Å²) in [7, 11) is 2.15. The molecule has 1 amide bonds. The van der Waals surface area contributed by atoms with Crippen molar-refractivity contribution in [1.82, 2.24) is 0 Å². The topological polar surface area (TPSA) is 23.6 Å². The smallest absolute Gasteiger partial charge is 0.227 e. The van der Waals surface area contributed by atoms with E-state index < -0.39 is 0 Å². The average molecular weight is 488 g/mol. The minimum Gasteiger partial charge on any atom is -0.365 e. The molecule has 0 fully saturated rings. The number of likely N-dealkylation sites (N-methyl/N-ethyl adjacent to an activating group) is 1. The van der Waals surface area contributed by atoms with Crippen LogP contribution in [-0.2, 0) is 10.2 Å². The zero-order valence-electron chi connectivity index (χ0n) is 17.2. The lowest BCUT2D eigenvalue weighted by molar-refractivity contribution is -0.116. The molecule has 148 valence electrons. The molecular formula is C24H29IN2O. The molecule has 0 spiro atoms. The lowest BCUT2D eigenvalue weighted by Gasteiger charge is -2.41. The third-order valence-corrected chi connectivity index (χ3v) is 6.04.